The molecule has 24 heavy (non-hydrogen) atoms. The first kappa shape index (κ1) is 16.8. The van der Waals surface area contributed by atoms with Gasteiger partial charge in [-0.2, -0.15) is 0 Å². The SMILES string of the molecule is C[C@H](NC(=O)[C@@H](C)Oc1ccccc1Cl)c1ccc2c(c1)CCC2. The van der Waals surface area contributed by atoms with Crippen molar-refractivity contribution in [2.45, 2.75) is 45.3 Å². The molecule has 0 radical (unpaired) electrons. The van der Waals surface area contributed by atoms with Crippen molar-refractivity contribution in [2.24, 2.45) is 0 Å². The molecule has 2 aromatic carbocycles. The quantitative estimate of drug-likeness (QED) is 0.869. The van der Waals surface area contributed by atoms with Crippen LogP contribution in [0.5, 0.6) is 5.75 Å². The summed E-state index contributed by atoms with van der Waals surface area (Å²) in [5.74, 6) is 0.370. The predicted molar refractivity (Wildman–Crippen MR) is 96.6 cm³/mol. The molecule has 1 aliphatic carbocycles. The lowest BCUT2D eigenvalue weighted by atomic mass is 10.0. The number of hydrogen-bond donors (Lipinski definition) is 1. The van der Waals surface area contributed by atoms with Crippen molar-refractivity contribution in [3.8, 4) is 5.75 Å². The Bertz CT molecular complexity index is 744. The molecule has 0 heterocycles. The number of halogens is 1. The zero-order chi connectivity index (χ0) is 17.1. The fourth-order valence-corrected chi connectivity index (χ4v) is 3.24. The largest absolute Gasteiger partial charge is 0.479 e. The van der Waals surface area contributed by atoms with Crippen molar-refractivity contribution in [3.05, 3.63) is 64.2 Å². The lowest BCUT2D eigenvalue weighted by Crippen LogP contribution is -2.37. The summed E-state index contributed by atoms with van der Waals surface area (Å²) in [6.07, 6.45) is 2.92. The van der Waals surface area contributed by atoms with Crippen LogP contribution in [0.15, 0.2) is 42.5 Å². The summed E-state index contributed by atoms with van der Waals surface area (Å²) >= 11 is 6.07. The van der Waals surface area contributed by atoms with E-state index in [1.165, 1.54) is 24.0 Å². The van der Waals surface area contributed by atoms with Gasteiger partial charge in [-0.1, -0.05) is 41.9 Å². The first-order valence-electron chi connectivity index (χ1n) is 8.38. The first-order valence-corrected chi connectivity index (χ1v) is 8.75. The third kappa shape index (κ3) is 3.73. The van der Waals surface area contributed by atoms with Gasteiger partial charge >= 0.3 is 0 Å². The standard InChI is InChI=1S/C20H22ClNO2/c1-13(16-11-10-15-6-5-7-17(15)12-16)22-20(23)14(2)24-19-9-4-3-8-18(19)21/h3-4,8-14H,5-7H2,1-2H3,(H,22,23)/t13-,14+/m0/s1. The van der Waals surface area contributed by atoms with Crippen molar-refractivity contribution in [1.29, 1.82) is 0 Å². The van der Waals surface area contributed by atoms with Gasteiger partial charge in [-0.25, -0.2) is 0 Å². The van der Waals surface area contributed by atoms with Gasteiger partial charge in [-0.05, 0) is 61.9 Å². The fraction of sp³-hybridized carbons (Fsp3) is 0.350. The lowest BCUT2D eigenvalue weighted by Gasteiger charge is -2.20. The van der Waals surface area contributed by atoms with E-state index < -0.39 is 6.10 Å². The number of benzene rings is 2. The Balaban J connectivity index is 1.62. The average molecular weight is 344 g/mol. The highest BCUT2D eigenvalue weighted by atomic mass is 35.5. The van der Waals surface area contributed by atoms with Crippen LogP contribution in [0.1, 0.15) is 43.0 Å². The van der Waals surface area contributed by atoms with Gasteiger partial charge in [0, 0.05) is 0 Å². The fourth-order valence-electron chi connectivity index (χ4n) is 3.06. The molecule has 3 nitrogen and oxygen atoms in total. The summed E-state index contributed by atoms with van der Waals surface area (Å²) in [6, 6.07) is 13.6. The van der Waals surface area contributed by atoms with E-state index in [0.29, 0.717) is 10.8 Å². The van der Waals surface area contributed by atoms with E-state index in [9.17, 15) is 4.79 Å². The summed E-state index contributed by atoms with van der Waals surface area (Å²) in [6.45, 7) is 3.73. The van der Waals surface area contributed by atoms with Crippen LogP contribution in [0, 0.1) is 0 Å². The highest BCUT2D eigenvalue weighted by Crippen LogP contribution is 2.26. The average Bonchev–Trinajstić information content (AvgIpc) is 3.04. The Morgan fingerprint density at radius 2 is 1.88 bits per heavy atom. The molecular formula is C20H22ClNO2. The highest BCUT2D eigenvalue weighted by molar-refractivity contribution is 6.32. The number of carbonyl (C=O) groups excluding carboxylic acids is 1. The minimum Gasteiger partial charge on any atom is -0.479 e. The third-order valence-corrected chi connectivity index (χ3v) is 4.80. The molecule has 0 aromatic heterocycles. The molecule has 1 aliphatic rings. The van der Waals surface area contributed by atoms with Crippen LogP contribution in [0.3, 0.4) is 0 Å². The molecule has 126 valence electrons. The number of aryl methyl sites for hydroxylation is 2. The van der Waals surface area contributed by atoms with Crippen LogP contribution >= 0.6 is 11.6 Å². The van der Waals surface area contributed by atoms with Crippen LogP contribution < -0.4 is 10.1 Å². The molecule has 1 N–H and O–H groups in total. The molecule has 0 bridgehead atoms. The van der Waals surface area contributed by atoms with E-state index >= 15 is 0 Å². The van der Waals surface area contributed by atoms with Gasteiger partial charge in [0.1, 0.15) is 5.75 Å². The van der Waals surface area contributed by atoms with Crippen molar-refractivity contribution < 1.29 is 9.53 Å². The van der Waals surface area contributed by atoms with Gasteiger partial charge in [-0.15, -0.1) is 0 Å². The molecule has 0 saturated carbocycles. The lowest BCUT2D eigenvalue weighted by molar-refractivity contribution is -0.127. The van der Waals surface area contributed by atoms with Crippen LogP contribution in [0.2, 0.25) is 5.02 Å². The molecule has 4 heteroatoms. The number of rotatable bonds is 5. The number of amides is 1. The normalized spacial score (nSPS) is 15.5. The second kappa shape index (κ2) is 7.27. The molecule has 1 amide bonds. The number of ether oxygens (including phenoxy) is 1. The van der Waals surface area contributed by atoms with E-state index in [4.69, 9.17) is 16.3 Å². The molecule has 0 unspecified atom stereocenters. The number of nitrogens with one attached hydrogen (secondary N) is 1. The van der Waals surface area contributed by atoms with Crippen molar-refractivity contribution >= 4 is 17.5 Å². The van der Waals surface area contributed by atoms with E-state index in [0.717, 1.165) is 12.0 Å². The van der Waals surface area contributed by atoms with E-state index in [1.807, 2.05) is 19.1 Å². The van der Waals surface area contributed by atoms with Crippen LogP contribution in [0.25, 0.3) is 0 Å². The van der Waals surface area contributed by atoms with Crippen molar-refractivity contribution in [3.63, 3.8) is 0 Å². The number of para-hydroxylation sites is 1. The molecule has 0 saturated heterocycles. The van der Waals surface area contributed by atoms with Gasteiger partial charge in [0.15, 0.2) is 6.10 Å². The molecule has 0 spiro atoms. The second-order valence-corrected chi connectivity index (χ2v) is 6.71. The van der Waals surface area contributed by atoms with Gasteiger partial charge in [0.05, 0.1) is 11.1 Å². The Morgan fingerprint density at radius 1 is 1.12 bits per heavy atom. The monoisotopic (exact) mass is 343 g/mol. The minimum absolute atomic E-state index is 0.0549. The molecule has 0 fully saturated rings. The third-order valence-electron chi connectivity index (χ3n) is 4.49. The number of hydrogen-bond acceptors (Lipinski definition) is 2. The maximum absolute atomic E-state index is 12.4. The Hall–Kier alpha value is -2.00. The zero-order valence-corrected chi connectivity index (χ0v) is 14.8. The Labute approximate surface area is 148 Å². The molecule has 2 aromatic rings. The molecule has 2 atom stereocenters. The maximum atomic E-state index is 12.4. The summed E-state index contributed by atoms with van der Waals surface area (Å²) in [7, 11) is 0. The summed E-state index contributed by atoms with van der Waals surface area (Å²) in [5, 5.41) is 3.52. The summed E-state index contributed by atoms with van der Waals surface area (Å²) < 4.78 is 5.67. The first-order chi connectivity index (χ1) is 11.5. The van der Waals surface area contributed by atoms with E-state index in [1.54, 1.807) is 19.1 Å². The Morgan fingerprint density at radius 3 is 2.67 bits per heavy atom. The predicted octanol–water partition coefficient (Wildman–Crippen LogP) is 4.47. The van der Waals surface area contributed by atoms with Gasteiger partial charge in [0.2, 0.25) is 0 Å². The maximum Gasteiger partial charge on any atom is 0.261 e. The zero-order valence-electron chi connectivity index (χ0n) is 14.0. The molecule has 0 aliphatic heterocycles. The summed E-state index contributed by atoms with van der Waals surface area (Å²) in [5.41, 5.74) is 3.98. The number of fused-ring (bicyclic) bond motifs is 1. The van der Waals surface area contributed by atoms with Crippen LogP contribution in [-0.2, 0) is 17.6 Å². The smallest absolute Gasteiger partial charge is 0.261 e. The van der Waals surface area contributed by atoms with Crippen molar-refractivity contribution in [2.75, 3.05) is 0 Å². The van der Waals surface area contributed by atoms with Gasteiger partial charge in [-0.3, -0.25) is 4.79 Å². The van der Waals surface area contributed by atoms with Gasteiger partial charge < -0.3 is 10.1 Å². The number of carbonyl (C=O) groups is 1. The van der Waals surface area contributed by atoms with E-state index in [-0.39, 0.29) is 11.9 Å². The minimum atomic E-state index is -0.609. The Kier molecular flexibility index (Phi) is 5.10. The molecule has 3 rings (SSSR count). The second-order valence-electron chi connectivity index (χ2n) is 6.30. The van der Waals surface area contributed by atoms with Crippen LogP contribution in [-0.4, -0.2) is 12.0 Å². The van der Waals surface area contributed by atoms with E-state index in [2.05, 4.69) is 23.5 Å². The van der Waals surface area contributed by atoms with Crippen LogP contribution in [0.4, 0.5) is 0 Å². The highest BCUT2D eigenvalue weighted by Gasteiger charge is 2.20. The van der Waals surface area contributed by atoms with Gasteiger partial charge in [0.25, 0.3) is 5.91 Å². The molecular weight excluding hydrogens is 322 g/mol. The summed E-state index contributed by atoms with van der Waals surface area (Å²) in [4.78, 5) is 12.4. The topological polar surface area (TPSA) is 38.3 Å². The van der Waals surface area contributed by atoms with Crippen molar-refractivity contribution in [1.82, 2.24) is 5.32 Å².